The fraction of sp³-hybridized carbons (Fsp3) is 0.0500. The Labute approximate surface area is 748 Å². The zero-order chi connectivity index (χ0) is 86.5. The fourth-order valence-corrected chi connectivity index (χ4v) is 20.0. The first-order chi connectivity index (χ1) is 63.8. The Morgan fingerprint density at radius 3 is 0.823 bits per heavy atom. The van der Waals surface area contributed by atoms with Crippen molar-refractivity contribution in [3.63, 3.8) is 0 Å². The highest BCUT2D eigenvalue weighted by molar-refractivity contribution is 6.13. The zero-order valence-corrected chi connectivity index (χ0v) is 71.4. The lowest BCUT2D eigenvalue weighted by Crippen LogP contribution is -2.14. The van der Waals surface area contributed by atoms with E-state index in [-0.39, 0.29) is 10.8 Å². The van der Waals surface area contributed by atoms with E-state index in [1.165, 1.54) is 55.6 Å². The summed E-state index contributed by atoms with van der Waals surface area (Å²) in [5, 5.41) is 8.61. The van der Waals surface area contributed by atoms with Crippen molar-refractivity contribution in [3.05, 3.63) is 423 Å². The van der Waals surface area contributed by atoms with Gasteiger partial charge in [-0.15, -0.1) is 0 Å². The summed E-state index contributed by atoms with van der Waals surface area (Å²) in [6.45, 7) is 9.30. The largest absolute Gasteiger partial charge is 0.456 e. The van der Waals surface area contributed by atoms with Crippen molar-refractivity contribution in [2.24, 2.45) is 0 Å². The summed E-state index contributed by atoms with van der Waals surface area (Å²) < 4.78 is 25.7. The third-order valence-corrected chi connectivity index (χ3v) is 26.7. The lowest BCUT2D eigenvalue weighted by molar-refractivity contribution is 0.660. The number of hydrogen-bond acceptors (Lipinski definition) is 10. The monoisotopic (exact) mass is 1670 g/mol. The van der Waals surface area contributed by atoms with Crippen molar-refractivity contribution < 1.29 is 17.7 Å². The molecule has 2 aliphatic rings. The predicted octanol–water partition coefficient (Wildman–Crippen LogP) is 32.0. The molecule has 6 heterocycles. The van der Waals surface area contributed by atoms with Crippen LogP contribution in [-0.4, -0.2) is 29.9 Å². The van der Waals surface area contributed by atoms with Crippen molar-refractivity contribution in [1.82, 2.24) is 29.9 Å². The molecule has 130 heavy (non-hydrogen) atoms. The second-order valence-electron chi connectivity index (χ2n) is 35.1. The van der Waals surface area contributed by atoms with Crippen molar-refractivity contribution in [3.8, 4) is 157 Å². The van der Waals surface area contributed by atoms with Gasteiger partial charge in [-0.1, -0.05) is 331 Å². The minimum Gasteiger partial charge on any atom is -0.456 e. The van der Waals surface area contributed by atoms with Crippen molar-refractivity contribution in [1.29, 1.82) is 0 Å². The van der Waals surface area contributed by atoms with Gasteiger partial charge in [0.05, 0.1) is 0 Å². The Kier molecular flexibility index (Phi) is 17.4. The van der Waals surface area contributed by atoms with Gasteiger partial charge in [-0.25, -0.2) is 29.9 Å². The summed E-state index contributed by atoms with van der Waals surface area (Å²) in [6, 6.07) is 141. The predicted molar refractivity (Wildman–Crippen MR) is 529 cm³/mol. The van der Waals surface area contributed by atoms with Gasteiger partial charge in [-0.05, 0) is 197 Å². The lowest BCUT2D eigenvalue weighted by atomic mass is 9.81. The van der Waals surface area contributed by atoms with Crippen LogP contribution in [0.4, 0.5) is 0 Å². The number of hydrogen-bond donors (Lipinski definition) is 0. The highest BCUT2D eigenvalue weighted by atomic mass is 16.3. The van der Waals surface area contributed by atoms with Crippen LogP contribution in [-0.2, 0) is 10.8 Å². The maximum absolute atomic E-state index is 6.62. The molecule has 24 aromatic rings. The van der Waals surface area contributed by atoms with Gasteiger partial charge in [-0.2, -0.15) is 0 Å². The third-order valence-electron chi connectivity index (χ3n) is 26.7. The molecule has 2 aliphatic carbocycles. The molecule has 0 saturated heterocycles. The third kappa shape index (κ3) is 12.8. The molecule has 0 aliphatic heterocycles. The highest BCUT2D eigenvalue weighted by Crippen LogP contribution is 2.53. The molecule has 0 fully saturated rings. The van der Waals surface area contributed by atoms with Crippen LogP contribution in [0.5, 0.6) is 0 Å². The molecule has 0 amide bonds. The van der Waals surface area contributed by atoms with Crippen LogP contribution in [0.2, 0.25) is 0 Å². The van der Waals surface area contributed by atoms with E-state index >= 15 is 0 Å². The van der Waals surface area contributed by atoms with Crippen LogP contribution >= 0.6 is 0 Å². The van der Waals surface area contributed by atoms with Gasteiger partial charge in [0.25, 0.3) is 0 Å². The van der Waals surface area contributed by atoms with Gasteiger partial charge >= 0.3 is 0 Å². The molecule has 0 radical (unpaired) electrons. The number of furan rings is 4. The molecule has 18 aromatic carbocycles. The molecule has 0 unspecified atom stereocenters. The number of rotatable bonds is 12. The summed E-state index contributed by atoms with van der Waals surface area (Å²) in [5.74, 6) is 3.56. The Hall–Kier alpha value is -16.8. The summed E-state index contributed by atoms with van der Waals surface area (Å²) >= 11 is 0. The second-order valence-corrected chi connectivity index (χ2v) is 35.1. The normalized spacial score (nSPS) is 12.9. The number of benzene rings is 18. The number of aromatic nitrogens is 6. The average molecular weight is 1670 g/mol. The van der Waals surface area contributed by atoms with E-state index in [1.54, 1.807) is 0 Å². The maximum Gasteiger partial charge on any atom is 0.164 e. The standard InChI is InChI=1S/2C60H39N3O2/c1-60(2)51-23-9-6-16-45(51)46-31-30-39(35-52(46)60)36-26-28-38(29-27-36)58-61-57(37-14-4-3-5-15-37)62-59(63-58)42-33-40(43-19-12-21-49-47-17-7-10-24-53(47)64-55(43)49)32-41(34-42)44-20-13-22-50-48-18-8-11-25-54(48)65-56(44)50;1-60(2)51-17-9-6-14-45(51)46-27-24-41(35-52(46)60)36-20-22-38(23-21-36)58-61-57(37-12-4-3-5-13-37)62-59(63-58)44-31-42(39-25-28-55-49(33-39)47-15-7-10-18-53(47)64-55)30-43(32-44)40-26-29-56-50(34-40)48-16-8-11-19-54(48)65-56/h2*3-35H,1-2H3. The van der Waals surface area contributed by atoms with Gasteiger partial charge in [-0.3, -0.25) is 0 Å². The van der Waals surface area contributed by atoms with E-state index in [9.17, 15) is 0 Å². The maximum atomic E-state index is 6.62. The van der Waals surface area contributed by atoms with E-state index in [0.29, 0.717) is 34.9 Å². The molecule has 0 atom stereocenters. The average Bonchev–Trinajstić information content (AvgIpc) is 1.58. The van der Waals surface area contributed by atoms with Gasteiger partial charge < -0.3 is 17.7 Å². The second kappa shape index (κ2) is 29.9. The van der Waals surface area contributed by atoms with Crippen LogP contribution in [0, 0.1) is 0 Å². The van der Waals surface area contributed by atoms with E-state index in [2.05, 4.69) is 331 Å². The summed E-state index contributed by atoms with van der Waals surface area (Å²) in [7, 11) is 0. The Bertz CT molecular complexity index is 8470. The minimum atomic E-state index is -0.0781. The first-order valence-corrected chi connectivity index (χ1v) is 44.1. The van der Waals surface area contributed by atoms with Gasteiger partial charge in [0.2, 0.25) is 0 Å². The highest BCUT2D eigenvalue weighted by Gasteiger charge is 2.37. The number of nitrogens with zero attached hydrogens (tertiary/aromatic N) is 6. The SMILES string of the molecule is CC1(C)c2ccccc2-c2ccc(-c3ccc(-c4nc(-c5ccccc5)nc(-c5cc(-c6ccc7oc8ccccc8c7c6)cc(-c6ccc7oc8ccccc8c7c6)c5)n4)cc3)cc21.CC1(C)c2ccccc2-c2ccc(-c3ccc(-c4nc(-c5ccccc5)nc(-c5cc(-c6cccc7c6oc6ccccc67)cc(-c6cccc7c6oc6ccccc67)c5)n4)cc3)cc21. The lowest BCUT2D eigenvalue weighted by Gasteiger charge is -2.22. The Morgan fingerprint density at radius 1 is 0.154 bits per heavy atom. The van der Waals surface area contributed by atoms with Crippen LogP contribution in [0.25, 0.3) is 245 Å². The van der Waals surface area contributed by atoms with E-state index < -0.39 is 0 Å². The molecule has 612 valence electrons. The van der Waals surface area contributed by atoms with Crippen LogP contribution in [0.15, 0.2) is 418 Å². The molecular weight excluding hydrogens is 1590 g/mol. The quantitative estimate of drug-likeness (QED) is 0.117. The summed E-state index contributed by atoms with van der Waals surface area (Å²) in [5.41, 5.74) is 35.5. The van der Waals surface area contributed by atoms with Crippen LogP contribution in [0.3, 0.4) is 0 Å². The van der Waals surface area contributed by atoms with Crippen molar-refractivity contribution in [2.75, 3.05) is 0 Å². The number of fused-ring (bicyclic) bond motifs is 18. The molecular formula is C120H78N6O4. The molecule has 6 aromatic heterocycles. The van der Waals surface area contributed by atoms with E-state index in [1.807, 2.05) is 97.1 Å². The minimum absolute atomic E-state index is 0.0745. The Morgan fingerprint density at radius 2 is 0.415 bits per heavy atom. The summed E-state index contributed by atoms with van der Waals surface area (Å²) in [6.07, 6.45) is 0. The van der Waals surface area contributed by atoms with E-state index in [0.717, 1.165) is 177 Å². The summed E-state index contributed by atoms with van der Waals surface area (Å²) in [4.78, 5) is 31.2. The topological polar surface area (TPSA) is 130 Å². The van der Waals surface area contributed by atoms with Crippen LogP contribution < -0.4 is 0 Å². The fourth-order valence-electron chi connectivity index (χ4n) is 20.0. The van der Waals surface area contributed by atoms with Gasteiger partial charge in [0.15, 0.2) is 34.9 Å². The Balaban J connectivity index is 0.000000140. The van der Waals surface area contributed by atoms with Crippen LogP contribution in [0.1, 0.15) is 49.9 Å². The number of para-hydroxylation sites is 6. The molecule has 10 heteroatoms. The smallest absolute Gasteiger partial charge is 0.164 e. The first-order valence-electron chi connectivity index (χ1n) is 44.1. The van der Waals surface area contributed by atoms with Crippen molar-refractivity contribution in [2.45, 2.75) is 38.5 Å². The zero-order valence-electron chi connectivity index (χ0n) is 71.4. The molecule has 10 nitrogen and oxygen atoms in total. The molecule has 0 N–H and O–H groups in total. The van der Waals surface area contributed by atoms with Gasteiger partial charge in [0.1, 0.15) is 44.7 Å². The van der Waals surface area contributed by atoms with Crippen molar-refractivity contribution >= 4 is 87.8 Å². The molecule has 0 spiro atoms. The molecule has 0 bridgehead atoms. The van der Waals surface area contributed by atoms with E-state index in [4.69, 9.17) is 47.6 Å². The molecule has 0 saturated carbocycles. The first kappa shape index (κ1) is 75.7. The van der Waals surface area contributed by atoms with Gasteiger partial charge in [0, 0.05) is 98.4 Å². The molecule has 26 rings (SSSR count).